The van der Waals surface area contributed by atoms with Crippen molar-refractivity contribution in [1.29, 1.82) is 0 Å². The van der Waals surface area contributed by atoms with Gasteiger partial charge in [0.05, 0.1) is 16.8 Å². The molecule has 0 radical (unpaired) electrons. The minimum Gasteiger partial charge on any atom is -0.483 e. The number of hydrogen-bond acceptors (Lipinski definition) is 6. The molecule has 0 fully saturated rings. The number of amides is 1. The lowest BCUT2D eigenvalue weighted by molar-refractivity contribution is -0.118. The number of esters is 1. The molecule has 0 bridgehead atoms. The van der Waals surface area contributed by atoms with Crippen molar-refractivity contribution in [2.45, 2.75) is 13.8 Å². The second-order valence-electron chi connectivity index (χ2n) is 4.57. The topological polar surface area (TPSA) is 77.5 Å². The molecule has 0 saturated carbocycles. The Morgan fingerprint density at radius 3 is 2.75 bits per heavy atom. The molecular formula is C15H14Br2N2O4S. The molecule has 0 aliphatic rings. The van der Waals surface area contributed by atoms with Crippen molar-refractivity contribution < 1.29 is 19.1 Å². The van der Waals surface area contributed by atoms with Gasteiger partial charge in [0.1, 0.15) is 10.6 Å². The summed E-state index contributed by atoms with van der Waals surface area (Å²) in [5, 5.41) is 2.94. The molecule has 1 aromatic carbocycles. The number of anilines is 1. The highest BCUT2D eigenvalue weighted by atomic mass is 79.9. The molecule has 24 heavy (non-hydrogen) atoms. The predicted octanol–water partition coefficient (Wildman–Crippen LogP) is 4.17. The number of aryl methyl sites for hydroxylation is 1. The zero-order chi connectivity index (χ0) is 17.7. The fourth-order valence-corrected chi connectivity index (χ4v) is 3.76. The van der Waals surface area contributed by atoms with Crippen molar-refractivity contribution in [3.8, 4) is 5.75 Å². The zero-order valence-electron chi connectivity index (χ0n) is 12.9. The molecule has 1 amide bonds. The summed E-state index contributed by atoms with van der Waals surface area (Å²) in [5.41, 5.74) is 0.519. The third-order valence-corrected chi connectivity index (χ3v) is 4.92. The fraction of sp³-hybridized carbons (Fsp3) is 0.267. The van der Waals surface area contributed by atoms with Crippen molar-refractivity contribution in [2.75, 3.05) is 18.5 Å². The van der Waals surface area contributed by atoms with E-state index in [1.807, 2.05) is 12.1 Å². The van der Waals surface area contributed by atoms with Gasteiger partial charge in [0.15, 0.2) is 11.7 Å². The van der Waals surface area contributed by atoms with E-state index < -0.39 is 5.97 Å². The lowest BCUT2D eigenvalue weighted by Gasteiger charge is -2.07. The monoisotopic (exact) mass is 476 g/mol. The smallest absolute Gasteiger partial charge is 0.350 e. The molecule has 1 heterocycles. The third kappa shape index (κ3) is 5.02. The Morgan fingerprint density at radius 1 is 1.33 bits per heavy atom. The molecule has 9 heteroatoms. The Hall–Kier alpha value is -1.45. The van der Waals surface area contributed by atoms with Crippen LogP contribution in [0.3, 0.4) is 0 Å². The van der Waals surface area contributed by atoms with Crippen LogP contribution in [0.1, 0.15) is 22.3 Å². The average Bonchev–Trinajstić information content (AvgIpc) is 2.87. The van der Waals surface area contributed by atoms with Crippen LogP contribution >= 0.6 is 43.2 Å². The zero-order valence-corrected chi connectivity index (χ0v) is 16.9. The minimum absolute atomic E-state index is 0.173. The van der Waals surface area contributed by atoms with Gasteiger partial charge in [-0.05, 0) is 48.0 Å². The van der Waals surface area contributed by atoms with Gasteiger partial charge in [0.25, 0.3) is 5.91 Å². The van der Waals surface area contributed by atoms with Crippen molar-refractivity contribution in [1.82, 2.24) is 4.98 Å². The van der Waals surface area contributed by atoms with Crippen LogP contribution in [0.5, 0.6) is 5.75 Å². The lowest BCUT2D eigenvalue weighted by atomic mass is 10.3. The molecule has 1 N–H and O–H groups in total. The summed E-state index contributed by atoms with van der Waals surface area (Å²) in [6.07, 6.45) is 0. The van der Waals surface area contributed by atoms with E-state index in [1.165, 1.54) is 0 Å². The number of nitrogens with zero attached hydrogens (tertiary/aromatic N) is 1. The maximum absolute atomic E-state index is 12.0. The van der Waals surface area contributed by atoms with Gasteiger partial charge in [-0.3, -0.25) is 10.1 Å². The van der Waals surface area contributed by atoms with E-state index in [4.69, 9.17) is 9.47 Å². The Balaban J connectivity index is 1.95. The molecule has 0 unspecified atom stereocenters. The van der Waals surface area contributed by atoms with Gasteiger partial charge in [-0.2, -0.15) is 0 Å². The number of benzene rings is 1. The molecule has 6 nitrogen and oxygen atoms in total. The highest BCUT2D eigenvalue weighted by molar-refractivity contribution is 9.11. The second-order valence-corrected chi connectivity index (χ2v) is 7.33. The number of hydrogen-bond donors (Lipinski definition) is 1. The van der Waals surface area contributed by atoms with Crippen molar-refractivity contribution in [2.24, 2.45) is 0 Å². The SMILES string of the molecule is CCOC(=O)c1sc(NC(=O)COc2ccc(Br)cc2Br)nc1C. The summed E-state index contributed by atoms with van der Waals surface area (Å²) in [4.78, 5) is 28.2. The Labute approximate surface area is 159 Å². The molecule has 0 saturated heterocycles. The number of thiazole rings is 1. The first kappa shape index (κ1) is 18.9. The van der Waals surface area contributed by atoms with E-state index in [9.17, 15) is 9.59 Å². The quantitative estimate of drug-likeness (QED) is 0.631. The highest BCUT2D eigenvalue weighted by Gasteiger charge is 2.17. The van der Waals surface area contributed by atoms with Gasteiger partial charge in [0, 0.05) is 4.47 Å². The van der Waals surface area contributed by atoms with Crippen LogP contribution in [0.15, 0.2) is 27.1 Å². The predicted molar refractivity (Wildman–Crippen MR) is 98.8 cm³/mol. The Kier molecular flexibility index (Phi) is 6.76. The van der Waals surface area contributed by atoms with Crippen LogP contribution in [0.2, 0.25) is 0 Å². The summed E-state index contributed by atoms with van der Waals surface area (Å²) in [7, 11) is 0. The summed E-state index contributed by atoms with van der Waals surface area (Å²) in [6.45, 7) is 3.53. The van der Waals surface area contributed by atoms with E-state index in [0.717, 1.165) is 20.3 Å². The van der Waals surface area contributed by atoms with Crippen molar-refractivity contribution >= 4 is 60.2 Å². The van der Waals surface area contributed by atoms with E-state index >= 15 is 0 Å². The first-order valence-corrected chi connectivity index (χ1v) is 9.33. The second kappa shape index (κ2) is 8.59. The van der Waals surface area contributed by atoms with Gasteiger partial charge in [-0.25, -0.2) is 9.78 Å². The molecule has 2 rings (SSSR count). The fourth-order valence-electron chi connectivity index (χ4n) is 1.73. The van der Waals surface area contributed by atoms with Crippen LogP contribution < -0.4 is 10.1 Å². The molecule has 128 valence electrons. The Morgan fingerprint density at radius 2 is 2.08 bits per heavy atom. The van der Waals surface area contributed by atoms with Crippen molar-refractivity contribution in [3.63, 3.8) is 0 Å². The summed E-state index contributed by atoms with van der Waals surface area (Å²) >= 11 is 7.78. The van der Waals surface area contributed by atoms with Crippen LogP contribution in [-0.4, -0.2) is 30.1 Å². The molecule has 2 aromatic rings. The number of halogens is 2. The minimum atomic E-state index is -0.442. The standard InChI is InChI=1S/C15H14Br2N2O4S/c1-3-22-14(21)13-8(2)18-15(24-13)19-12(20)7-23-11-5-4-9(16)6-10(11)17/h4-6H,3,7H2,1-2H3,(H,18,19,20). The van der Waals surface area contributed by atoms with E-state index in [1.54, 1.807) is 19.9 Å². The first-order chi connectivity index (χ1) is 11.4. The lowest BCUT2D eigenvalue weighted by Crippen LogP contribution is -2.20. The molecule has 0 spiro atoms. The molecule has 0 aliphatic heterocycles. The Bertz CT molecular complexity index is 764. The third-order valence-electron chi connectivity index (χ3n) is 2.76. The van der Waals surface area contributed by atoms with Crippen LogP contribution in [0.25, 0.3) is 0 Å². The van der Waals surface area contributed by atoms with Crippen LogP contribution in [-0.2, 0) is 9.53 Å². The molecule has 0 aliphatic carbocycles. The number of carbonyl (C=O) groups is 2. The number of ether oxygens (including phenoxy) is 2. The number of rotatable bonds is 6. The summed E-state index contributed by atoms with van der Waals surface area (Å²) < 4.78 is 12.0. The molecule has 0 atom stereocenters. The van der Waals surface area contributed by atoms with E-state index in [0.29, 0.717) is 21.5 Å². The summed E-state index contributed by atoms with van der Waals surface area (Å²) in [5.74, 6) is -0.257. The normalized spacial score (nSPS) is 10.3. The average molecular weight is 478 g/mol. The largest absolute Gasteiger partial charge is 0.483 e. The number of aromatic nitrogens is 1. The maximum Gasteiger partial charge on any atom is 0.350 e. The van der Waals surface area contributed by atoms with Gasteiger partial charge in [0.2, 0.25) is 0 Å². The van der Waals surface area contributed by atoms with Crippen LogP contribution in [0, 0.1) is 6.92 Å². The van der Waals surface area contributed by atoms with Gasteiger partial charge >= 0.3 is 5.97 Å². The van der Waals surface area contributed by atoms with Crippen molar-refractivity contribution in [3.05, 3.63) is 37.7 Å². The summed E-state index contributed by atoms with van der Waals surface area (Å²) in [6, 6.07) is 5.38. The first-order valence-electron chi connectivity index (χ1n) is 6.93. The molecule has 1 aromatic heterocycles. The maximum atomic E-state index is 12.0. The number of nitrogens with one attached hydrogen (secondary N) is 1. The van der Waals surface area contributed by atoms with E-state index in [2.05, 4.69) is 42.2 Å². The highest BCUT2D eigenvalue weighted by Crippen LogP contribution is 2.28. The van der Waals surface area contributed by atoms with Gasteiger partial charge in [-0.1, -0.05) is 27.3 Å². The van der Waals surface area contributed by atoms with Gasteiger partial charge < -0.3 is 9.47 Å². The van der Waals surface area contributed by atoms with Gasteiger partial charge in [-0.15, -0.1) is 0 Å². The van der Waals surface area contributed by atoms with E-state index in [-0.39, 0.29) is 19.1 Å². The van der Waals surface area contributed by atoms with Crippen LogP contribution in [0.4, 0.5) is 5.13 Å². The molecular weight excluding hydrogens is 464 g/mol. The number of carbonyl (C=O) groups excluding carboxylic acids is 2.